The van der Waals surface area contributed by atoms with Gasteiger partial charge in [-0.05, 0) is 32.9 Å². The average molecular weight is 698 g/mol. The molecule has 0 unspecified atom stereocenters. The second kappa shape index (κ2) is 30.3. The fourth-order valence-electron chi connectivity index (χ4n) is 3.39. The van der Waals surface area contributed by atoms with Crippen LogP contribution in [0.3, 0.4) is 0 Å². The number of carbonyl (C=O) groups excluding carboxylic acids is 1. The lowest BCUT2D eigenvalue weighted by atomic mass is 10.2. The summed E-state index contributed by atoms with van der Waals surface area (Å²) in [7, 11) is 0. The van der Waals surface area contributed by atoms with Crippen molar-refractivity contribution in [2.75, 3.05) is 144 Å². The summed E-state index contributed by atoms with van der Waals surface area (Å²) in [6.07, 6.45) is 0. The fraction of sp³-hybridized carbons (Fsp3) is 0.781. The number of nitrogens with two attached hydrogens (primary N) is 1. The number of ether oxygens (including phenoxy) is 12. The van der Waals surface area contributed by atoms with E-state index in [-0.39, 0.29) is 12.6 Å². The van der Waals surface area contributed by atoms with Gasteiger partial charge < -0.3 is 62.6 Å². The van der Waals surface area contributed by atoms with E-state index in [2.05, 4.69) is 0 Å². The highest BCUT2D eigenvalue weighted by Gasteiger charge is 2.15. The predicted octanol–water partition coefficient (Wildman–Crippen LogP) is 2.81. The number of nitrogen functional groups attached to an aromatic ring is 1. The SMILES string of the molecule is CC(C)(C)OC(=O)COCCOCCOCCOCCOCCOCCOCCOCCOCCOCCOc1cc(N)cc(Cl)c1. The number of esters is 1. The predicted molar refractivity (Wildman–Crippen MR) is 175 cm³/mol. The van der Waals surface area contributed by atoms with Gasteiger partial charge in [0.05, 0.1) is 126 Å². The van der Waals surface area contributed by atoms with Gasteiger partial charge in [-0.3, -0.25) is 0 Å². The average Bonchev–Trinajstić information content (AvgIpc) is 3.00. The highest BCUT2D eigenvalue weighted by molar-refractivity contribution is 6.31. The highest BCUT2D eigenvalue weighted by atomic mass is 35.5. The zero-order chi connectivity index (χ0) is 34.3. The molecule has 0 amide bonds. The van der Waals surface area contributed by atoms with Gasteiger partial charge in [-0.15, -0.1) is 0 Å². The van der Waals surface area contributed by atoms with Crippen molar-refractivity contribution < 1.29 is 61.6 Å². The van der Waals surface area contributed by atoms with Crippen LogP contribution >= 0.6 is 11.6 Å². The van der Waals surface area contributed by atoms with E-state index in [1.165, 1.54) is 0 Å². The monoisotopic (exact) mass is 697 g/mol. The van der Waals surface area contributed by atoms with Gasteiger partial charge in [0.25, 0.3) is 0 Å². The van der Waals surface area contributed by atoms with Crippen LogP contribution in [-0.2, 0) is 56.9 Å². The summed E-state index contributed by atoms with van der Waals surface area (Å²) in [5.41, 5.74) is 5.76. The molecule has 0 spiro atoms. The lowest BCUT2D eigenvalue weighted by Crippen LogP contribution is -2.27. The minimum Gasteiger partial charge on any atom is -0.491 e. The molecule has 14 nitrogen and oxygen atoms in total. The van der Waals surface area contributed by atoms with Crippen molar-refractivity contribution in [3.63, 3.8) is 0 Å². The van der Waals surface area contributed by atoms with Crippen LogP contribution < -0.4 is 10.5 Å². The molecule has 274 valence electrons. The first-order chi connectivity index (χ1) is 22.8. The zero-order valence-electron chi connectivity index (χ0n) is 28.3. The third kappa shape index (κ3) is 31.2. The van der Waals surface area contributed by atoms with Crippen LogP contribution in [0.15, 0.2) is 18.2 Å². The molecule has 0 aliphatic carbocycles. The lowest BCUT2D eigenvalue weighted by molar-refractivity contribution is -0.160. The molecule has 0 bridgehead atoms. The third-order valence-corrected chi connectivity index (χ3v) is 5.60. The molecule has 47 heavy (non-hydrogen) atoms. The summed E-state index contributed by atoms with van der Waals surface area (Å²) in [6, 6.07) is 5.08. The summed E-state index contributed by atoms with van der Waals surface area (Å²) in [5, 5.41) is 0.535. The second-order valence-electron chi connectivity index (χ2n) is 10.7. The first kappa shape index (κ1) is 43.2. The minimum absolute atomic E-state index is 0.0860. The number of anilines is 1. The van der Waals surface area contributed by atoms with Crippen molar-refractivity contribution in [3.05, 3.63) is 23.2 Å². The molecule has 0 atom stereocenters. The zero-order valence-corrected chi connectivity index (χ0v) is 29.1. The number of hydrogen-bond acceptors (Lipinski definition) is 14. The summed E-state index contributed by atoms with van der Waals surface area (Å²) in [4.78, 5) is 11.5. The summed E-state index contributed by atoms with van der Waals surface area (Å²) < 4.78 is 65.0. The number of hydrogen-bond donors (Lipinski definition) is 1. The molecular formula is C32H56ClNO13. The Hall–Kier alpha value is -1.82. The van der Waals surface area contributed by atoms with E-state index >= 15 is 0 Å². The van der Waals surface area contributed by atoms with Crippen molar-refractivity contribution in [3.8, 4) is 5.75 Å². The molecule has 15 heteroatoms. The van der Waals surface area contributed by atoms with E-state index in [0.29, 0.717) is 149 Å². The Morgan fingerprint density at radius 3 is 1.17 bits per heavy atom. The summed E-state index contributed by atoms with van der Waals surface area (Å²) in [6.45, 7) is 14.5. The van der Waals surface area contributed by atoms with Gasteiger partial charge in [-0.25, -0.2) is 4.79 Å². The van der Waals surface area contributed by atoms with Crippen LogP contribution in [0.25, 0.3) is 0 Å². The van der Waals surface area contributed by atoms with Crippen LogP contribution in [0.1, 0.15) is 20.8 Å². The standard InChI is InChI=1S/C32H56ClNO13/c1-32(2,3)47-31(35)27-45-21-20-43-17-16-41-13-12-39-9-8-37-5-4-36-6-7-38-10-11-40-14-15-42-18-19-44-22-23-46-30-25-28(33)24-29(34)26-30/h24-26H,4-23,27,34H2,1-3H3. The van der Waals surface area contributed by atoms with E-state index in [1.807, 2.05) is 20.8 Å². The highest BCUT2D eigenvalue weighted by Crippen LogP contribution is 2.22. The number of halogens is 1. The van der Waals surface area contributed by atoms with Crippen LogP contribution in [0.5, 0.6) is 5.75 Å². The van der Waals surface area contributed by atoms with E-state index < -0.39 is 5.60 Å². The Morgan fingerprint density at radius 1 is 0.532 bits per heavy atom. The molecular weight excluding hydrogens is 642 g/mol. The van der Waals surface area contributed by atoms with Crippen LogP contribution in [0.2, 0.25) is 5.02 Å². The van der Waals surface area contributed by atoms with Crippen molar-refractivity contribution in [1.82, 2.24) is 0 Å². The number of rotatable bonds is 33. The topological polar surface area (TPSA) is 154 Å². The molecule has 2 N–H and O–H groups in total. The molecule has 0 saturated heterocycles. The maximum atomic E-state index is 11.5. The van der Waals surface area contributed by atoms with E-state index in [0.717, 1.165) is 0 Å². The van der Waals surface area contributed by atoms with Gasteiger partial charge >= 0.3 is 5.97 Å². The third-order valence-electron chi connectivity index (χ3n) is 5.38. The van der Waals surface area contributed by atoms with Crippen LogP contribution in [0.4, 0.5) is 5.69 Å². The Labute approximate surface area is 284 Å². The van der Waals surface area contributed by atoms with Crippen LogP contribution in [0, 0.1) is 0 Å². The normalized spacial score (nSPS) is 11.7. The molecule has 0 heterocycles. The lowest BCUT2D eigenvalue weighted by Gasteiger charge is -2.19. The van der Waals surface area contributed by atoms with Crippen molar-refractivity contribution in [2.45, 2.75) is 26.4 Å². The van der Waals surface area contributed by atoms with Gasteiger partial charge in [0.2, 0.25) is 0 Å². The van der Waals surface area contributed by atoms with Crippen molar-refractivity contribution >= 4 is 23.3 Å². The molecule has 0 fully saturated rings. The molecule has 0 saturated carbocycles. The smallest absolute Gasteiger partial charge is 0.332 e. The van der Waals surface area contributed by atoms with E-state index in [9.17, 15) is 4.79 Å². The summed E-state index contributed by atoms with van der Waals surface area (Å²) in [5.74, 6) is 0.227. The molecule has 0 aliphatic rings. The maximum Gasteiger partial charge on any atom is 0.332 e. The quantitative estimate of drug-likeness (QED) is 0.0650. The molecule has 1 aromatic carbocycles. The van der Waals surface area contributed by atoms with Crippen LogP contribution in [-0.4, -0.2) is 150 Å². The first-order valence-electron chi connectivity index (χ1n) is 15.9. The number of carbonyl (C=O) groups is 1. The van der Waals surface area contributed by atoms with Gasteiger partial charge in [-0.1, -0.05) is 11.6 Å². The molecule has 0 aliphatic heterocycles. The Kier molecular flexibility index (Phi) is 27.8. The Bertz CT molecular complexity index is 856. The second-order valence-corrected chi connectivity index (χ2v) is 11.2. The molecule has 0 radical (unpaired) electrons. The first-order valence-corrected chi connectivity index (χ1v) is 16.3. The maximum absolute atomic E-state index is 11.5. The fourth-order valence-corrected chi connectivity index (χ4v) is 3.63. The molecule has 1 aromatic rings. The van der Waals surface area contributed by atoms with Gasteiger partial charge in [0.1, 0.15) is 24.6 Å². The Balaban J connectivity index is 1.66. The summed E-state index contributed by atoms with van der Waals surface area (Å²) >= 11 is 5.94. The Morgan fingerprint density at radius 2 is 0.851 bits per heavy atom. The van der Waals surface area contributed by atoms with E-state index in [4.69, 9.17) is 74.2 Å². The van der Waals surface area contributed by atoms with Gasteiger partial charge in [-0.2, -0.15) is 0 Å². The number of benzene rings is 1. The molecule has 1 rings (SSSR count). The van der Waals surface area contributed by atoms with E-state index in [1.54, 1.807) is 18.2 Å². The molecule has 0 aromatic heterocycles. The van der Waals surface area contributed by atoms with Crippen molar-refractivity contribution in [1.29, 1.82) is 0 Å². The minimum atomic E-state index is -0.513. The van der Waals surface area contributed by atoms with Gasteiger partial charge in [0, 0.05) is 16.8 Å². The van der Waals surface area contributed by atoms with Gasteiger partial charge in [0.15, 0.2) is 0 Å². The largest absolute Gasteiger partial charge is 0.491 e. The van der Waals surface area contributed by atoms with Crippen molar-refractivity contribution in [2.24, 2.45) is 0 Å².